The third-order valence-corrected chi connectivity index (χ3v) is 16.6. The number of para-hydroxylation sites is 3. The molecule has 1 aliphatic carbocycles. The van der Waals surface area contributed by atoms with Crippen molar-refractivity contribution in [1.29, 1.82) is 0 Å². The Labute approximate surface area is 526 Å². The summed E-state index contributed by atoms with van der Waals surface area (Å²) >= 11 is 0. The molecule has 0 amide bonds. The molecule has 0 aliphatic heterocycles. The third kappa shape index (κ3) is 14.1. The molecule has 1 nitrogen and oxygen atoms in total. The van der Waals surface area contributed by atoms with Gasteiger partial charge < -0.3 is 4.90 Å². The van der Waals surface area contributed by atoms with Gasteiger partial charge in [0.1, 0.15) is 0 Å². The number of fused-ring (bicyclic) bond motifs is 3. The van der Waals surface area contributed by atoms with Crippen molar-refractivity contribution >= 4 is 17.1 Å². The molecule has 0 fully saturated rings. The minimum Gasteiger partial charge on any atom is -0.311 e. The van der Waals surface area contributed by atoms with Gasteiger partial charge in [-0.05, 0) is 133 Å². The average molecular weight is 1140 g/mol. The molecule has 14 aromatic rings. The zero-order valence-electron chi connectivity index (χ0n) is 50.0. The topological polar surface area (TPSA) is 3.24 Å². The van der Waals surface area contributed by atoms with Crippen molar-refractivity contribution < 1.29 is 0 Å². The smallest absolute Gasteiger partial charge is 0.0713 e. The Morgan fingerprint density at radius 1 is 0.213 bits per heavy atom. The molecule has 14 aromatic carbocycles. The van der Waals surface area contributed by atoms with Crippen LogP contribution in [0.1, 0.15) is 67.1 Å². The quantitative estimate of drug-likeness (QED) is 0.104. The summed E-state index contributed by atoms with van der Waals surface area (Å²) in [5.41, 5.74) is 23.2. The van der Waals surface area contributed by atoms with Gasteiger partial charge in [0.15, 0.2) is 0 Å². The van der Waals surface area contributed by atoms with E-state index < -0.39 is 0 Å². The van der Waals surface area contributed by atoms with Crippen LogP contribution in [-0.2, 0) is 18.3 Å². The Hall–Kier alpha value is -11.1. The van der Waals surface area contributed by atoms with Crippen LogP contribution in [0.25, 0.3) is 22.3 Å². The molecule has 0 N–H and O–H groups in total. The van der Waals surface area contributed by atoms with Gasteiger partial charge in [-0.25, -0.2) is 0 Å². The summed E-state index contributed by atoms with van der Waals surface area (Å²) < 4.78 is 0. The molecule has 1 aliphatic rings. The summed E-state index contributed by atoms with van der Waals surface area (Å²) in [6.07, 6.45) is 1.97. The van der Waals surface area contributed by atoms with E-state index in [0.29, 0.717) is 5.92 Å². The lowest BCUT2D eigenvalue weighted by atomic mass is 9.68. The summed E-state index contributed by atoms with van der Waals surface area (Å²) in [7, 11) is 0. The first-order valence-corrected chi connectivity index (χ1v) is 30.9. The lowest BCUT2D eigenvalue weighted by Gasteiger charge is -2.33. The first-order valence-electron chi connectivity index (χ1n) is 30.9. The van der Waals surface area contributed by atoms with Crippen LogP contribution in [0.3, 0.4) is 0 Å². The van der Waals surface area contributed by atoms with E-state index in [-0.39, 0.29) is 5.41 Å². The second kappa shape index (κ2) is 29.3. The van der Waals surface area contributed by atoms with Crippen LogP contribution in [0.5, 0.6) is 0 Å². The van der Waals surface area contributed by atoms with E-state index in [1.54, 1.807) is 0 Å². The Bertz CT molecular complexity index is 3860. The predicted octanol–water partition coefficient (Wildman–Crippen LogP) is 22.6. The van der Waals surface area contributed by atoms with E-state index in [1.165, 1.54) is 101 Å². The van der Waals surface area contributed by atoms with Crippen molar-refractivity contribution in [2.24, 2.45) is 0 Å². The van der Waals surface area contributed by atoms with Crippen LogP contribution >= 0.6 is 0 Å². The van der Waals surface area contributed by atoms with Gasteiger partial charge in [-0.2, -0.15) is 0 Å². The number of hydrogen-bond donors (Lipinski definition) is 0. The molecule has 0 spiro atoms. The van der Waals surface area contributed by atoms with Crippen LogP contribution in [0.4, 0.5) is 17.1 Å². The molecule has 0 bridgehead atoms. The first-order chi connectivity index (χ1) is 44.2. The highest BCUT2D eigenvalue weighted by molar-refractivity contribution is 5.86. The number of rotatable bonds is 13. The SMILES string of the molecule is c1ccc(C(c2ccccc2)c2ccccc2)cc1.c1ccc(C2(c3ccccc3)c3ccccc3-c3ccccc32)cc1.c1ccc(Cc2ccc(-c3ccc(Cc4ccccc4)cc3)cc2)cc1.c1ccc(N(c2ccccc2)c2ccccc2)cc1. The summed E-state index contributed by atoms with van der Waals surface area (Å²) in [5.74, 6) is 0.309. The van der Waals surface area contributed by atoms with Crippen molar-refractivity contribution in [3.8, 4) is 22.3 Å². The standard InChI is InChI=1S/C26H22.C25H18.C19H16.C18H15N/c1-3-7-21(8-4-1)19-23-11-15-25(16-12-23)26-17-13-24(14-18-26)20-22-9-5-2-6-10-22;1-3-11-19(12-4-1)25(20-13-5-2-6-14-20)23-17-9-7-15-21(23)22-16-8-10-18-24(22)25;2*1-4-10-16(11-5-1)19(17-12-6-2-7-13-17)18-14-8-3-9-15-18/h1-18H,19-20H2;1-18H;1-15,19H;1-15H. The summed E-state index contributed by atoms with van der Waals surface area (Å²) in [6.45, 7) is 0. The maximum Gasteiger partial charge on any atom is 0.0713 e. The Kier molecular flexibility index (Phi) is 19.2. The van der Waals surface area contributed by atoms with Crippen molar-refractivity contribution in [2.45, 2.75) is 24.2 Å². The molecule has 0 radical (unpaired) electrons. The normalized spacial score (nSPS) is 11.4. The maximum absolute atomic E-state index is 2.29. The fourth-order valence-electron chi connectivity index (χ4n) is 12.4. The Morgan fingerprint density at radius 3 is 0.753 bits per heavy atom. The van der Waals surface area contributed by atoms with E-state index in [9.17, 15) is 0 Å². The highest BCUT2D eigenvalue weighted by Gasteiger charge is 2.45. The van der Waals surface area contributed by atoms with Gasteiger partial charge in [-0.1, -0.05) is 364 Å². The van der Waals surface area contributed by atoms with Gasteiger partial charge in [0.2, 0.25) is 0 Å². The van der Waals surface area contributed by atoms with Crippen molar-refractivity contribution in [1.82, 2.24) is 0 Å². The molecule has 89 heavy (non-hydrogen) atoms. The molecule has 0 unspecified atom stereocenters. The molecule has 428 valence electrons. The highest BCUT2D eigenvalue weighted by atomic mass is 15.1. The van der Waals surface area contributed by atoms with Gasteiger partial charge in [0.25, 0.3) is 0 Å². The largest absolute Gasteiger partial charge is 0.311 e. The summed E-state index contributed by atoms with van der Waals surface area (Å²) in [4.78, 5) is 2.25. The number of hydrogen-bond acceptors (Lipinski definition) is 1. The fraction of sp³-hybridized carbons (Fsp3) is 0.0455. The van der Waals surface area contributed by atoms with Crippen LogP contribution in [-0.4, -0.2) is 0 Å². The second-order valence-corrected chi connectivity index (χ2v) is 22.3. The van der Waals surface area contributed by atoms with Crippen LogP contribution in [0.2, 0.25) is 0 Å². The summed E-state index contributed by atoms with van der Waals surface area (Å²) in [6, 6.07) is 142. The summed E-state index contributed by atoms with van der Waals surface area (Å²) in [5, 5.41) is 0. The molecular formula is C88H71N. The maximum atomic E-state index is 2.29. The zero-order valence-corrected chi connectivity index (χ0v) is 50.0. The van der Waals surface area contributed by atoms with E-state index >= 15 is 0 Å². The van der Waals surface area contributed by atoms with Crippen LogP contribution in [0, 0.1) is 0 Å². The van der Waals surface area contributed by atoms with E-state index in [2.05, 4.69) is 387 Å². The van der Waals surface area contributed by atoms with Gasteiger partial charge in [-0.15, -0.1) is 0 Å². The minimum absolute atomic E-state index is 0.254. The molecule has 0 saturated carbocycles. The van der Waals surface area contributed by atoms with Crippen molar-refractivity contribution in [3.05, 3.63) is 462 Å². The number of anilines is 3. The fourth-order valence-corrected chi connectivity index (χ4v) is 12.4. The Balaban J connectivity index is 0.000000116. The van der Waals surface area contributed by atoms with Crippen LogP contribution in [0.15, 0.2) is 400 Å². The molecule has 0 heterocycles. The zero-order chi connectivity index (χ0) is 60.1. The third-order valence-electron chi connectivity index (χ3n) is 16.6. The van der Waals surface area contributed by atoms with Crippen LogP contribution < -0.4 is 4.90 Å². The number of benzene rings is 14. The van der Waals surface area contributed by atoms with E-state index in [1.807, 2.05) is 18.2 Å². The molecule has 0 aromatic heterocycles. The lowest BCUT2D eigenvalue weighted by molar-refractivity contribution is 0.768. The molecule has 0 saturated heterocycles. The van der Waals surface area contributed by atoms with E-state index in [0.717, 1.165) is 12.8 Å². The highest BCUT2D eigenvalue weighted by Crippen LogP contribution is 2.56. The minimum atomic E-state index is -0.254. The molecule has 15 rings (SSSR count). The monoisotopic (exact) mass is 1140 g/mol. The molecule has 1 heteroatoms. The predicted molar refractivity (Wildman–Crippen MR) is 376 cm³/mol. The average Bonchev–Trinajstić information content (AvgIpc) is 1.74. The van der Waals surface area contributed by atoms with Crippen molar-refractivity contribution in [2.75, 3.05) is 4.90 Å². The molecular weight excluding hydrogens is 1070 g/mol. The van der Waals surface area contributed by atoms with Gasteiger partial charge in [-0.3, -0.25) is 0 Å². The first kappa shape index (κ1) is 58.3. The van der Waals surface area contributed by atoms with Gasteiger partial charge in [0, 0.05) is 23.0 Å². The second-order valence-electron chi connectivity index (χ2n) is 22.3. The number of nitrogens with zero attached hydrogens (tertiary/aromatic N) is 1. The molecule has 0 atom stereocenters. The van der Waals surface area contributed by atoms with E-state index in [4.69, 9.17) is 0 Å². The van der Waals surface area contributed by atoms with Gasteiger partial charge >= 0.3 is 0 Å². The van der Waals surface area contributed by atoms with Gasteiger partial charge in [0.05, 0.1) is 5.41 Å². The lowest BCUT2D eigenvalue weighted by Crippen LogP contribution is -2.28. The Morgan fingerprint density at radius 2 is 0.449 bits per heavy atom. The van der Waals surface area contributed by atoms with Crippen molar-refractivity contribution in [3.63, 3.8) is 0 Å².